The van der Waals surface area contributed by atoms with E-state index in [1.54, 1.807) is 6.08 Å². The van der Waals surface area contributed by atoms with Crippen molar-refractivity contribution in [3.8, 4) is 0 Å². The first-order valence-electron chi connectivity index (χ1n) is 4.13. The van der Waals surface area contributed by atoms with Gasteiger partial charge in [0.05, 0.1) is 23.8 Å². The van der Waals surface area contributed by atoms with Crippen molar-refractivity contribution < 1.29 is 14.3 Å². The maximum absolute atomic E-state index is 11.4. The van der Waals surface area contributed by atoms with Gasteiger partial charge in [-0.05, 0) is 6.08 Å². The van der Waals surface area contributed by atoms with Crippen LogP contribution in [0.5, 0.6) is 0 Å². The smallest absolute Gasteiger partial charge is 0.292 e. The van der Waals surface area contributed by atoms with Gasteiger partial charge in [-0.2, -0.15) is 0 Å². The fourth-order valence-corrected chi connectivity index (χ4v) is 1.90. The summed E-state index contributed by atoms with van der Waals surface area (Å²) >= 11 is 5.88. The molecule has 1 heterocycles. The topological polar surface area (TPSA) is 55.4 Å². The van der Waals surface area contributed by atoms with E-state index >= 15 is 0 Å². The van der Waals surface area contributed by atoms with Crippen LogP contribution in [0.25, 0.3) is 0 Å². The quantitative estimate of drug-likeness (QED) is 0.652. The molecule has 1 aliphatic heterocycles. The molecule has 0 bridgehead atoms. The van der Waals surface area contributed by atoms with Gasteiger partial charge in [0.15, 0.2) is 0 Å². The molecule has 1 aliphatic carbocycles. The molecule has 0 radical (unpaired) electrons. The van der Waals surface area contributed by atoms with Gasteiger partial charge in [0.2, 0.25) is 5.78 Å². The molecule has 0 aromatic rings. The molecule has 1 fully saturated rings. The Morgan fingerprint density at radius 2 is 2.29 bits per heavy atom. The number of rotatable bonds is 1. The number of ketones is 1. The van der Waals surface area contributed by atoms with Crippen LogP contribution in [0.3, 0.4) is 0 Å². The lowest BCUT2D eigenvalue weighted by molar-refractivity contribution is -0.136. The zero-order valence-corrected chi connectivity index (χ0v) is 8.22. The number of carbonyl (C=O) groups is 2. The van der Waals surface area contributed by atoms with Crippen LogP contribution in [0, 0.1) is 5.92 Å². The first-order valence-corrected chi connectivity index (χ1v) is 4.50. The number of halogens is 1. The van der Waals surface area contributed by atoms with Gasteiger partial charge in [-0.3, -0.25) is 9.59 Å². The highest BCUT2D eigenvalue weighted by atomic mass is 35.5. The average molecular weight is 214 g/mol. The summed E-state index contributed by atoms with van der Waals surface area (Å²) in [5.74, 6) is -0.891. The summed E-state index contributed by atoms with van der Waals surface area (Å²) in [4.78, 5) is 22.4. The molecule has 0 saturated carbocycles. The lowest BCUT2D eigenvalue weighted by Crippen LogP contribution is -2.18. The molecule has 0 aromatic heterocycles. The van der Waals surface area contributed by atoms with Crippen LogP contribution in [0.1, 0.15) is 6.42 Å². The third kappa shape index (κ3) is 1.23. The summed E-state index contributed by atoms with van der Waals surface area (Å²) in [6.07, 6.45) is 2.02. The van der Waals surface area contributed by atoms with E-state index in [2.05, 4.69) is 5.32 Å². The molecule has 1 atom stereocenters. The Balaban J connectivity index is 2.40. The van der Waals surface area contributed by atoms with Crippen LogP contribution < -0.4 is 5.32 Å². The van der Waals surface area contributed by atoms with Gasteiger partial charge < -0.3 is 10.1 Å². The molecule has 1 amide bonds. The van der Waals surface area contributed by atoms with E-state index in [0.29, 0.717) is 22.9 Å². The van der Waals surface area contributed by atoms with Gasteiger partial charge in [0.1, 0.15) is 0 Å². The highest BCUT2D eigenvalue weighted by molar-refractivity contribution is 6.42. The van der Waals surface area contributed by atoms with Crippen molar-refractivity contribution in [1.82, 2.24) is 5.32 Å². The van der Waals surface area contributed by atoms with Crippen LogP contribution in [0.15, 0.2) is 22.6 Å². The van der Waals surface area contributed by atoms with Crippen LogP contribution >= 0.6 is 11.6 Å². The number of hydrogen-bond acceptors (Lipinski definition) is 3. The van der Waals surface area contributed by atoms with Crippen LogP contribution in [-0.2, 0) is 14.3 Å². The molecule has 1 saturated heterocycles. The Kier molecular flexibility index (Phi) is 2.07. The minimum absolute atomic E-state index is 0.373. The molecule has 1 N–H and O–H groups in total. The van der Waals surface area contributed by atoms with Gasteiger partial charge in [-0.1, -0.05) is 11.6 Å². The van der Waals surface area contributed by atoms with E-state index in [1.165, 1.54) is 7.11 Å². The van der Waals surface area contributed by atoms with Crippen molar-refractivity contribution in [1.29, 1.82) is 0 Å². The van der Waals surface area contributed by atoms with Crippen LogP contribution in [0.4, 0.5) is 0 Å². The van der Waals surface area contributed by atoms with Gasteiger partial charge in [-0.25, -0.2) is 0 Å². The maximum Gasteiger partial charge on any atom is 0.292 e. The van der Waals surface area contributed by atoms with Crippen molar-refractivity contribution >= 4 is 23.3 Å². The second-order valence-corrected chi connectivity index (χ2v) is 3.56. The summed E-state index contributed by atoms with van der Waals surface area (Å²) in [6.45, 7) is 0. The SMILES string of the molecule is COC1=CC(Cl)=C2NC(=O)C(=O)C2C1. The first-order chi connectivity index (χ1) is 6.63. The molecule has 14 heavy (non-hydrogen) atoms. The minimum Gasteiger partial charge on any atom is -0.501 e. The van der Waals surface area contributed by atoms with Gasteiger partial charge >= 0.3 is 0 Å². The van der Waals surface area contributed by atoms with Gasteiger partial charge in [0, 0.05) is 12.1 Å². The molecule has 5 heteroatoms. The summed E-state index contributed by atoms with van der Waals surface area (Å²) in [5, 5.41) is 2.83. The maximum atomic E-state index is 11.4. The molecular weight excluding hydrogens is 206 g/mol. The van der Waals surface area contributed by atoms with Crippen molar-refractivity contribution in [3.63, 3.8) is 0 Å². The number of hydrogen-bond donors (Lipinski definition) is 1. The molecule has 2 aliphatic rings. The van der Waals surface area contributed by atoms with E-state index in [0.717, 1.165) is 0 Å². The highest BCUT2D eigenvalue weighted by Crippen LogP contribution is 2.33. The molecule has 1 unspecified atom stereocenters. The molecule has 0 aromatic carbocycles. The summed E-state index contributed by atoms with van der Waals surface area (Å²) in [6, 6.07) is 0. The second-order valence-electron chi connectivity index (χ2n) is 3.15. The van der Waals surface area contributed by atoms with E-state index in [1.807, 2.05) is 0 Å². The van der Waals surface area contributed by atoms with Crippen molar-refractivity contribution in [3.05, 3.63) is 22.6 Å². The highest BCUT2D eigenvalue weighted by Gasteiger charge is 2.40. The zero-order chi connectivity index (χ0) is 10.3. The van der Waals surface area contributed by atoms with Crippen LogP contribution in [0.2, 0.25) is 0 Å². The Morgan fingerprint density at radius 3 is 2.93 bits per heavy atom. The summed E-state index contributed by atoms with van der Waals surface area (Å²) < 4.78 is 5.00. The molecule has 74 valence electrons. The normalized spacial score (nSPS) is 25.9. The van der Waals surface area contributed by atoms with Gasteiger partial charge in [0.25, 0.3) is 5.91 Å². The van der Waals surface area contributed by atoms with Crippen LogP contribution in [-0.4, -0.2) is 18.8 Å². The van der Waals surface area contributed by atoms with Crippen molar-refractivity contribution in [2.24, 2.45) is 5.92 Å². The lowest BCUT2D eigenvalue weighted by atomic mass is 9.94. The largest absolute Gasteiger partial charge is 0.501 e. The number of fused-ring (bicyclic) bond motifs is 1. The standard InChI is InChI=1S/C9H8ClNO3/c1-14-4-2-5-7(6(10)3-4)11-9(13)8(5)12/h3,5H,2H2,1H3,(H,11,13). The van der Waals surface area contributed by atoms with Crippen molar-refractivity contribution in [2.75, 3.05) is 7.11 Å². The number of Topliss-reactive ketones (excluding diaryl/α,β-unsaturated/α-hetero) is 1. The number of amides is 1. The number of carbonyl (C=O) groups excluding carboxylic acids is 2. The minimum atomic E-state index is -0.589. The number of methoxy groups -OCH3 is 1. The number of nitrogens with one attached hydrogen (secondary N) is 1. The third-order valence-electron chi connectivity index (χ3n) is 2.35. The molecule has 0 spiro atoms. The van der Waals surface area contributed by atoms with E-state index < -0.39 is 17.6 Å². The lowest BCUT2D eigenvalue weighted by Gasteiger charge is -2.17. The fraction of sp³-hybridized carbons (Fsp3) is 0.333. The molecule has 2 rings (SSSR count). The number of allylic oxidation sites excluding steroid dienone is 4. The Bertz CT molecular complexity index is 384. The second kappa shape index (κ2) is 3.13. The first kappa shape index (κ1) is 9.27. The third-order valence-corrected chi connectivity index (χ3v) is 2.66. The molecular formula is C9H8ClNO3. The Morgan fingerprint density at radius 1 is 1.57 bits per heavy atom. The van der Waals surface area contributed by atoms with E-state index in [9.17, 15) is 9.59 Å². The predicted molar refractivity (Wildman–Crippen MR) is 49.2 cm³/mol. The summed E-state index contributed by atoms with van der Waals surface area (Å²) in [5.41, 5.74) is 0.502. The predicted octanol–water partition coefficient (Wildman–Crippen LogP) is 0.686. The van der Waals surface area contributed by atoms with Gasteiger partial charge in [-0.15, -0.1) is 0 Å². The zero-order valence-electron chi connectivity index (χ0n) is 7.46. The Hall–Kier alpha value is -1.29. The average Bonchev–Trinajstić information content (AvgIpc) is 2.45. The molecule has 4 nitrogen and oxygen atoms in total. The fourth-order valence-electron chi connectivity index (χ4n) is 1.60. The van der Waals surface area contributed by atoms with E-state index in [4.69, 9.17) is 16.3 Å². The monoisotopic (exact) mass is 213 g/mol. The Labute approximate surface area is 85.6 Å². The number of ether oxygens (including phenoxy) is 1. The van der Waals surface area contributed by atoms with E-state index in [-0.39, 0.29) is 0 Å². The summed E-state index contributed by atoms with van der Waals surface area (Å²) in [7, 11) is 1.51. The van der Waals surface area contributed by atoms with Crippen molar-refractivity contribution in [2.45, 2.75) is 6.42 Å².